The quantitative estimate of drug-likeness (QED) is 0.227. The van der Waals surface area contributed by atoms with Crippen LogP contribution in [0.15, 0.2) is 64.5 Å². The molecule has 1 amide bonds. The molecule has 9 nitrogen and oxygen atoms in total. The van der Waals surface area contributed by atoms with Crippen LogP contribution in [0.25, 0.3) is 10.9 Å². The number of hydrogen-bond acceptors (Lipinski definition) is 7. The van der Waals surface area contributed by atoms with Crippen molar-refractivity contribution < 1.29 is 13.7 Å². The van der Waals surface area contributed by atoms with Gasteiger partial charge in [-0.3, -0.25) is 29.6 Å². The van der Waals surface area contributed by atoms with Gasteiger partial charge in [-0.2, -0.15) is 0 Å². The van der Waals surface area contributed by atoms with E-state index in [1.807, 2.05) is 18.2 Å². The van der Waals surface area contributed by atoms with E-state index < -0.39 is 10.8 Å². The Balaban J connectivity index is 1.21. The number of benzene rings is 2. The number of amides is 1. The Morgan fingerprint density at radius 3 is 2.49 bits per heavy atom. The van der Waals surface area contributed by atoms with Crippen LogP contribution in [0.3, 0.4) is 0 Å². The van der Waals surface area contributed by atoms with E-state index in [2.05, 4.69) is 15.3 Å². The number of fused-ring (bicyclic) bond motifs is 1. The van der Waals surface area contributed by atoms with E-state index in [0.29, 0.717) is 42.1 Å². The van der Waals surface area contributed by atoms with Crippen LogP contribution < -0.4 is 10.9 Å². The van der Waals surface area contributed by atoms with Gasteiger partial charge >= 0.3 is 0 Å². The van der Waals surface area contributed by atoms with Gasteiger partial charge in [-0.1, -0.05) is 30.3 Å². The number of hydrogen-bond donors (Lipinski definition) is 4. The summed E-state index contributed by atoms with van der Waals surface area (Å²) in [5, 5.41) is 19.7. The maximum absolute atomic E-state index is 12.6. The van der Waals surface area contributed by atoms with Crippen molar-refractivity contribution in [1.82, 2.24) is 15.3 Å². The van der Waals surface area contributed by atoms with Crippen molar-refractivity contribution in [1.29, 1.82) is 10.8 Å². The summed E-state index contributed by atoms with van der Waals surface area (Å²) in [7, 11) is -1.60. The minimum absolute atomic E-state index is 0.0211. The number of aromatic amines is 1. The molecule has 1 aromatic heterocycles. The molecule has 0 saturated heterocycles. The third-order valence-corrected chi connectivity index (χ3v) is 7.23. The number of ether oxygens (including phenoxy) is 1. The highest BCUT2D eigenvalue weighted by Gasteiger charge is 2.27. The fourth-order valence-corrected chi connectivity index (χ4v) is 5.07. The van der Waals surface area contributed by atoms with Gasteiger partial charge in [0.1, 0.15) is 0 Å². The van der Waals surface area contributed by atoms with Gasteiger partial charge in [0.2, 0.25) is 11.8 Å². The molecule has 1 aliphatic carbocycles. The zero-order valence-corrected chi connectivity index (χ0v) is 19.9. The van der Waals surface area contributed by atoms with Gasteiger partial charge < -0.3 is 10.1 Å². The van der Waals surface area contributed by atoms with Crippen molar-refractivity contribution in [3.05, 3.63) is 70.5 Å². The summed E-state index contributed by atoms with van der Waals surface area (Å²) in [4.78, 5) is 31.4. The molecule has 4 rings (SSSR count). The first-order valence-electron chi connectivity index (χ1n) is 11.5. The van der Waals surface area contributed by atoms with Crippen LogP contribution in [-0.4, -0.2) is 43.7 Å². The Bertz CT molecular complexity index is 1320. The maximum Gasteiger partial charge on any atom is 0.259 e. The van der Waals surface area contributed by atoms with Crippen LogP contribution >= 0.6 is 0 Å². The number of nitrogens with zero attached hydrogens (tertiary/aromatic N) is 1. The Morgan fingerprint density at radius 1 is 1.06 bits per heavy atom. The average Bonchev–Trinajstić information content (AvgIpc) is 2.88. The zero-order valence-electron chi connectivity index (χ0n) is 19.1. The lowest BCUT2D eigenvalue weighted by molar-refractivity contribution is -0.121. The van der Waals surface area contributed by atoms with Gasteiger partial charge in [0.15, 0.2) is 11.1 Å². The van der Waals surface area contributed by atoms with Crippen molar-refractivity contribution in [3.8, 4) is 0 Å². The lowest BCUT2D eigenvalue weighted by Crippen LogP contribution is -2.39. The van der Waals surface area contributed by atoms with Gasteiger partial charge in [-0.25, -0.2) is 4.98 Å². The molecule has 1 saturated carbocycles. The van der Waals surface area contributed by atoms with E-state index in [1.165, 1.54) is 0 Å². The first-order chi connectivity index (χ1) is 16.9. The van der Waals surface area contributed by atoms with Gasteiger partial charge in [-0.15, -0.1) is 0 Å². The van der Waals surface area contributed by atoms with Crippen LogP contribution in [0.2, 0.25) is 0 Å². The topological polar surface area (TPSA) is 149 Å². The van der Waals surface area contributed by atoms with E-state index in [-0.39, 0.29) is 52.6 Å². The van der Waals surface area contributed by atoms with Crippen LogP contribution in [0, 0.1) is 16.7 Å². The summed E-state index contributed by atoms with van der Waals surface area (Å²) in [5.74, 6) is -0.197. The van der Waals surface area contributed by atoms with E-state index in [0.717, 1.165) is 0 Å². The lowest BCUT2D eigenvalue weighted by atomic mass is 9.86. The molecular formula is C25H27N5O4S. The number of aromatic nitrogens is 2. The summed E-state index contributed by atoms with van der Waals surface area (Å²) in [6.07, 6.45) is 2.81. The summed E-state index contributed by atoms with van der Waals surface area (Å²) in [6, 6.07) is 15.8. The van der Waals surface area contributed by atoms with Crippen molar-refractivity contribution in [2.45, 2.75) is 43.3 Å². The van der Waals surface area contributed by atoms with Gasteiger partial charge in [-0.05, 0) is 49.9 Å². The lowest BCUT2D eigenvalue weighted by Gasteiger charge is -2.29. The molecular weight excluding hydrogens is 466 g/mol. The zero-order chi connectivity index (χ0) is 24.8. The molecule has 1 unspecified atom stereocenters. The standard InChI is InChI=1S/C25H27N5O4S/c26-22(16-6-2-1-3-7-16)34-23(27)17-10-12-18(13-11-17)28-21(31)14-15-35(33)25-29-20-9-5-4-8-19(20)24(32)30-25/h1-9,17-18,26-27H,10-15H2,(H,28,31)(H,29,30,32). The molecule has 1 heterocycles. The summed E-state index contributed by atoms with van der Waals surface area (Å²) < 4.78 is 18.0. The highest BCUT2D eigenvalue weighted by Crippen LogP contribution is 2.26. The molecule has 10 heteroatoms. The summed E-state index contributed by atoms with van der Waals surface area (Å²) in [6.45, 7) is 0. The molecule has 1 aliphatic rings. The van der Waals surface area contributed by atoms with Crippen molar-refractivity contribution in [2.24, 2.45) is 5.92 Å². The fourth-order valence-electron chi connectivity index (χ4n) is 4.10. The molecule has 0 radical (unpaired) electrons. The first-order valence-corrected chi connectivity index (χ1v) is 12.8. The average molecular weight is 494 g/mol. The second-order valence-corrected chi connectivity index (χ2v) is 9.95. The van der Waals surface area contributed by atoms with Crippen LogP contribution in [0.4, 0.5) is 0 Å². The van der Waals surface area contributed by atoms with Crippen LogP contribution in [-0.2, 0) is 20.3 Å². The van der Waals surface area contributed by atoms with Crippen LogP contribution in [0.1, 0.15) is 37.7 Å². The second kappa shape index (κ2) is 11.2. The highest BCUT2D eigenvalue weighted by atomic mass is 32.2. The molecule has 0 spiro atoms. The van der Waals surface area contributed by atoms with E-state index in [9.17, 15) is 13.8 Å². The summed E-state index contributed by atoms with van der Waals surface area (Å²) in [5.41, 5.74) is 0.737. The molecule has 0 aliphatic heterocycles. The molecule has 3 aromatic rings. The minimum Gasteiger partial charge on any atom is -0.425 e. The first kappa shape index (κ1) is 24.5. The Hall–Kier alpha value is -3.66. The van der Waals surface area contributed by atoms with Gasteiger partial charge in [0.25, 0.3) is 5.56 Å². The molecule has 4 N–H and O–H groups in total. The van der Waals surface area contributed by atoms with E-state index in [1.54, 1.807) is 36.4 Å². The number of nitrogens with one attached hydrogen (secondary N) is 4. The number of H-pyrrole nitrogens is 1. The van der Waals surface area contributed by atoms with Gasteiger partial charge in [0, 0.05) is 29.7 Å². The number of carbonyl (C=O) groups is 1. The highest BCUT2D eigenvalue weighted by molar-refractivity contribution is 7.84. The minimum atomic E-state index is -1.60. The fraction of sp³-hybridized carbons (Fsp3) is 0.320. The largest absolute Gasteiger partial charge is 0.425 e. The third-order valence-electron chi connectivity index (χ3n) is 6.03. The predicted octanol–water partition coefficient (Wildman–Crippen LogP) is 3.12. The smallest absolute Gasteiger partial charge is 0.259 e. The third kappa shape index (κ3) is 6.27. The van der Waals surface area contributed by atoms with E-state index in [4.69, 9.17) is 15.6 Å². The van der Waals surface area contributed by atoms with Crippen molar-refractivity contribution in [3.63, 3.8) is 0 Å². The Morgan fingerprint density at radius 2 is 1.74 bits per heavy atom. The van der Waals surface area contributed by atoms with Crippen molar-refractivity contribution in [2.75, 3.05) is 5.75 Å². The number of para-hydroxylation sites is 1. The van der Waals surface area contributed by atoms with Gasteiger partial charge in [0.05, 0.1) is 21.7 Å². The van der Waals surface area contributed by atoms with Crippen molar-refractivity contribution >= 4 is 39.4 Å². The number of carbonyl (C=O) groups excluding carboxylic acids is 1. The maximum atomic E-state index is 12.6. The SMILES string of the molecule is N=C(OC(=N)C1CCC(NC(=O)CCS(=O)c2nc3ccccc3c(=O)[nH]2)CC1)c1ccccc1. The Labute approximate surface area is 204 Å². The summed E-state index contributed by atoms with van der Waals surface area (Å²) >= 11 is 0. The number of rotatable bonds is 7. The second-order valence-electron chi connectivity index (χ2n) is 8.47. The molecule has 35 heavy (non-hydrogen) atoms. The predicted molar refractivity (Wildman–Crippen MR) is 134 cm³/mol. The molecule has 182 valence electrons. The van der Waals surface area contributed by atoms with E-state index >= 15 is 0 Å². The monoisotopic (exact) mass is 493 g/mol. The normalized spacial score (nSPS) is 18.5. The van der Waals surface area contributed by atoms with Crippen LogP contribution in [0.5, 0.6) is 0 Å². The molecule has 1 fully saturated rings. The molecule has 1 atom stereocenters. The Kier molecular flexibility index (Phi) is 7.81. The molecule has 0 bridgehead atoms. The molecule has 2 aromatic carbocycles.